The van der Waals surface area contributed by atoms with Crippen molar-refractivity contribution in [3.8, 4) is 0 Å². The molecule has 0 aliphatic carbocycles. The summed E-state index contributed by atoms with van der Waals surface area (Å²) in [4.78, 5) is 13.8. The van der Waals surface area contributed by atoms with Crippen LogP contribution in [0, 0.1) is 0 Å². The second-order valence-electron chi connectivity index (χ2n) is 4.28. The van der Waals surface area contributed by atoms with Gasteiger partial charge in [0, 0.05) is 12.4 Å². The molecule has 2 N–H and O–H groups in total. The summed E-state index contributed by atoms with van der Waals surface area (Å²) in [5, 5.41) is 16.7. The summed E-state index contributed by atoms with van der Waals surface area (Å²) in [6.45, 7) is 7.11. The van der Waals surface area contributed by atoms with Crippen LogP contribution in [-0.4, -0.2) is 59.9 Å². The smallest absolute Gasteiger partial charge is 0.337 e. The molecular weight excluding hydrogens is 232 g/mol. The average molecular weight is 255 g/mol. The lowest BCUT2D eigenvalue weighted by atomic mass is 10.3. The molecule has 0 aromatic carbocycles. The summed E-state index contributed by atoms with van der Waals surface area (Å²) in [6, 6.07) is 3.08. The van der Waals surface area contributed by atoms with Gasteiger partial charge in [0.1, 0.15) is 6.54 Å². The van der Waals surface area contributed by atoms with Crippen molar-refractivity contribution < 1.29 is 19.5 Å². The SMILES string of the molecule is C=C.C[N+](C)(C)CCO.O=C(O)c1cccnc1. The largest absolute Gasteiger partial charge is 0.478 e. The van der Waals surface area contributed by atoms with Crippen LogP contribution >= 0.6 is 0 Å². The third-order valence-corrected chi connectivity index (χ3v) is 1.68. The van der Waals surface area contributed by atoms with Crippen LogP contribution < -0.4 is 0 Å². The summed E-state index contributed by atoms with van der Waals surface area (Å²) >= 11 is 0. The predicted octanol–water partition coefficient (Wildman–Crippen LogP) is 1.27. The molecule has 0 atom stereocenters. The van der Waals surface area contributed by atoms with E-state index in [1.807, 2.05) is 0 Å². The van der Waals surface area contributed by atoms with Crippen molar-refractivity contribution in [2.24, 2.45) is 0 Å². The van der Waals surface area contributed by atoms with Crippen molar-refractivity contribution in [2.45, 2.75) is 0 Å². The van der Waals surface area contributed by atoms with Crippen LogP contribution in [0.25, 0.3) is 0 Å². The third kappa shape index (κ3) is 12.4. The first-order chi connectivity index (χ1) is 8.37. The highest BCUT2D eigenvalue weighted by Crippen LogP contribution is 1.92. The molecule has 0 aliphatic heterocycles. The number of carboxylic acids is 1. The molecular formula is C13H23N2O3+. The lowest BCUT2D eigenvalue weighted by Gasteiger charge is -2.21. The summed E-state index contributed by atoms with van der Waals surface area (Å²) in [7, 11) is 6.16. The fourth-order valence-corrected chi connectivity index (χ4v) is 0.789. The van der Waals surface area contributed by atoms with Crippen molar-refractivity contribution in [3.05, 3.63) is 43.2 Å². The van der Waals surface area contributed by atoms with E-state index >= 15 is 0 Å². The fraction of sp³-hybridized carbons (Fsp3) is 0.385. The number of rotatable bonds is 3. The highest BCUT2D eigenvalue weighted by molar-refractivity contribution is 5.86. The van der Waals surface area contributed by atoms with Crippen molar-refractivity contribution in [1.82, 2.24) is 4.98 Å². The Kier molecular flexibility index (Phi) is 10.8. The maximum Gasteiger partial charge on any atom is 0.337 e. The number of nitrogens with zero attached hydrogens (tertiary/aromatic N) is 2. The van der Waals surface area contributed by atoms with E-state index in [1.165, 1.54) is 18.5 Å². The molecule has 18 heavy (non-hydrogen) atoms. The average Bonchev–Trinajstić information content (AvgIpc) is 2.32. The van der Waals surface area contributed by atoms with Gasteiger partial charge in [0.2, 0.25) is 0 Å². The molecule has 0 fully saturated rings. The molecule has 102 valence electrons. The van der Waals surface area contributed by atoms with E-state index in [9.17, 15) is 4.79 Å². The Morgan fingerprint density at radius 2 is 1.94 bits per heavy atom. The van der Waals surface area contributed by atoms with Gasteiger partial charge in [-0.2, -0.15) is 0 Å². The number of hydrogen-bond acceptors (Lipinski definition) is 3. The number of aromatic carboxylic acids is 1. The number of hydrogen-bond donors (Lipinski definition) is 2. The van der Waals surface area contributed by atoms with E-state index in [0.29, 0.717) is 0 Å². The van der Waals surface area contributed by atoms with E-state index in [-0.39, 0.29) is 12.2 Å². The minimum atomic E-state index is -0.942. The molecule has 0 bridgehead atoms. The fourth-order valence-electron chi connectivity index (χ4n) is 0.789. The molecule has 0 saturated heterocycles. The summed E-state index contributed by atoms with van der Waals surface area (Å²) in [6.07, 6.45) is 2.84. The van der Waals surface area contributed by atoms with Gasteiger partial charge in [0.15, 0.2) is 0 Å². The van der Waals surface area contributed by atoms with E-state index in [4.69, 9.17) is 10.2 Å². The van der Waals surface area contributed by atoms with Crippen molar-refractivity contribution in [1.29, 1.82) is 0 Å². The number of aliphatic hydroxyl groups excluding tert-OH is 1. The van der Waals surface area contributed by atoms with Crippen molar-refractivity contribution >= 4 is 5.97 Å². The molecule has 0 saturated carbocycles. The van der Waals surface area contributed by atoms with Gasteiger partial charge in [-0.1, -0.05) is 0 Å². The molecule has 5 heteroatoms. The summed E-state index contributed by atoms with van der Waals surface area (Å²) in [5.74, 6) is -0.942. The second kappa shape index (κ2) is 10.4. The van der Waals surface area contributed by atoms with Gasteiger partial charge in [-0.05, 0) is 12.1 Å². The lowest BCUT2D eigenvalue weighted by molar-refractivity contribution is -0.870. The summed E-state index contributed by atoms with van der Waals surface area (Å²) < 4.78 is 0.844. The maximum atomic E-state index is 10.2. The highest BCUT2D eigenvalue weighted by Gasteiger charge is 2.02. The molecule has 5 nitrogen and oxygen atoms in total. The third-order valence-electron chi connectivity index (χ3n) is 1.68. The van der Waals surface area contributed by atoms with E-state index < -0.39 is 5.97 Å². The van der Waals surface area contributed by atoms with Crippen LogP contribution in [0.15, 0.2) is 37.7 Å². The first kappa shape index (κ1) is 18.6. The van der Waals surface area contributed by atoms with E-state index in [0.717, 1.165) is 11.0 Å². The van der Waals surface area contributed by atoms with Crippen LogP contribution in [0.5, 0.6) is 0 Å². The lowest BCUT2D eigenvalue weighted by Crippen LogP contribution is -2.36. The van der Waals surface area contributed by atoms with Crippen LogP contribution in [0.2, 0.25) is 0 Å². The van der Waals surface area contributed by atoms with Gasteiger partial charge < -0.3 is 14.7 Å². The standard InChI is InChI=1S/C6H5NO2.C5H14NO.C2H4/c8-6(9)5-2-1-3-7-4-5;1-6(2,3)4-5-7;1-2/h1-4H,(H,8,9);7H,4-5H2,1-3H3;1-2H2/q;+1;. The zero-order valence-electron chi connectivity index (χ0n) is 11.3. The Morgan fingerprint density at radius 1 is 1.39 bits per heavy atom. The maximum absolute atomic E-state index is 10.2. The Labute approximate surface area is 109 Å². The zero-order valence-corrected chi connectivity index (χ0v) is 11.3. The quantitative estimate of drug-likeness (QED) is 0.630. The van der Waals surface area contributed by atoms with Gasteiger partial charge in [0.05, 0.1) is 33.3 Å². The molecule has 1 aromatic rings. The van der Waals surface area contributed by atoms with Crippen LogP contribution in [-0.2, 0) is 0 Å². The van der Waals surface area contributed by atoms with Crippen molar-refractivity contribution in [2.75, 3.05) is 34.3 Å². The Balaban J connectivity index is 0. The van der Waals surface area contributed by atoms with Gasteiger partial charge in [-0.3, -0.25) is 4.98 Å². The first-order valence-corrected chi connectivity index (χ1v) is 5.41. The Morgan fingerprint density at radius 3 is 2.11 bits per heavy atom. The van der Waals surface area contributed by atoms with Crippen LogP contribution in [0.1, 0.15) is 10.4 Å². The Bertz CT molecular complexity index is 321. The van der Waals surface area contributed by atoms with Crippen LogP contribution in [0.3, 0.4) is 0 Å². The first-order valence-electron chi connectivity index (χ1n) is 5.41. The minimum absolute atomic E-state index is 0.220. The zero-order chi connectivity index (χ0) is 14.6. The number of aliphatic hydroxyl groups is 1. The number of carbonyl (C=O) groups is 1. The van der Waals surface area contributed by atoms with Gasteiger partial charge in [-0.25, -0.2) is 4.79 Å². The number of aromatic nitrogens is 1. The monoisotopic (exact) mass is 255 g/mol. The molecule has 1 rings (SSSR count). The predicted molar refractivity (Wildman–Crippen MR) is 72.4 cm³/mol. The number of pyridine rings is 1. The Hall–Kier alpha value is -1.72. The molecule has 0 spiro atoms. The normalized spacial score (nSPS) is 9.33. The van der Waals surface area contributed by atoms with Crippen molar-refractivity contribution in [3.63, 3.8) is 0 Å². The molecule has 0 aliphatic rings. The molecule has 0 amide bonds. The number of quaternary nitrogens is 1. The van der Waals surface area contributed by atoms with E-state index in [1.54, 1.807) is 6.07 Å². The minimum Gasteiger partial charge on any atom is -0.478 e. The van der Waals surface area contributed by atoms with Gasteiger partial charge in [-0.15, -0.1) is 13.2 Å². The van der Waals surface area contributed by atoms with Gasteiger partial charge >= 0.3 is 5.97 Å². The topological polar surface area (TPSA) is 70.4 Å². The number of likely N-dealkylation sites (N-methyl/N-ethyl adjacent to an activating group) is 1. The molecule has 0 radical (unpaired) electrons. The molecule has 1 aromatic heterocycles. The van der Waals surface area contributed by atoms with E-state index in [2.05, 4.69) is 39.3 Å². The molecule has 1 heterocycles. The highest BCUT2D eigenvalue weighted by atomic mass is 16.4. The molecule has 0 unspecified atom stereocenters. The van der Waals surface area contributed by atoms with Gasteiger partial charge in [0.25, 0.3) is 0 Å². The second-order valence-corrected chi connectivity index (χ2v) is 4.28. The number of carboxylic acid groups (broad SMARTS) is 1. The van der Waals surface area contributed by atoms with Crippen LogP contribution in [0.4, 0.5) is 0 Å². The summed E-state index contributed by atoms with van der Waals surface area (Å²) in [5.41, 5.74) is 0.220.